The van der Waals surface area contributed by atoms with Crippen LogP contribution in [0, 0.1) is 0 Å². The number of aldehydes is 2. The molecule has 7 rings (SSSR count). The maximum Gasteiger partial charge on any atom is 0.319 e. The molecule has 3 aliphatic rings. The van der Waals surface area contributed by atoms with E-state index in [0.29, 0.717) is 80.6 Å². The molecule has 0 saturated heterocycles. The molecule has 8 bridgehead atoms. The van der Waals surface area contributed by atoms with E-state index in [2.05, 4.69) is 87.1 Å². The van der Waals surface area contributed by atoms with Crippen molar-refractivity contribution >= 4 is 24.6 Å². The molecule has 2 unspecified atom stereocenters. The molecule has 2 atom stereocenters. The van der Waals surface area contributed by atoms with Gasteiger partial charge in [0.15, 0.2) is 0 Å². The van der Waals surface area contributed by atoms with Crippen molar-refractivity contribution in [1.82, 2.24) is 21.3 Å². The number of aromatic hydroxyl groups is 2. The van der Waals surface area contributed by atoms with Crippen LogP contribution in [0.15, 0.2) is 71.1 Å². The highest BCUT2D eigenvalue weighted by atomic mass is 16.5. The number of phenolic OH excluding ortho intramolecular Hbond substituents is 2. The summed E-state index contributed by atoms with van der Waals surface area (Å²) in [6, 6.07) is 13.5. The monoisotopic (exact) mass is 896 g/mol. The molecule has 0 saturated carbocycles. The number of ether oxygens (including phenoxy) is 2. The molecule has 2 aliphatic heterocycles. The molecule has 2 heterocycles. The van der Waals surface area contributed by atoms with E-state index in [1.165, 1.54) is 0 Å². The third-order valence-electron chi connectivity index (χ3n) is 12.8. The molecule has 0 radical (unpaired) electrons. The SMILES string of the molecule is CCCOc1c2cc(C(C)(C)C)cc1Cc1cc(C3NC(=O)NC(C)=C3C=O)cc(c1O)Cc1cc(C(C)(C)C)cc(c1OCCC)Cc1cc(C3NC(=O)NC(C)=C3C=O)cc(c1O)C2. The van der Waals surface area contributed by atoms with Gasteiger partial charge in [-0.15, -0.1) is 0 Å². The maximum absolute atomic E-state index is 13.0. The lowest BCUT2D eigenvalue weighted by Crippen LogP contribution is -2.43. The fourth-order valence-corrected chi connectivity index (χ4v) is 9.19. The standard InChI is InChI=1S/C54H64N4O8/c1-11-13-65-49-37-19-33-15-31(45-43(27-59)29(3)55-51(63)57-45)17-35(47(33)61)21-39-25-42(54(8,9)10)26-40(50(39)66-14-12-2)22-36-18-32(46-44(28-60)30(4)56-52(64)58-46)16-34(48(36)62)20-38(49)24-41(23-37)53(5,6)7/h15-18,23-28,45-46,61-62H,11-14,19-22H2,1-10H3,(H2,55,57,63)(H2,56,58,64). The molecule has 12 nitrogen and oxygen atoms in total. The van der Waals surface area contributed by atoms with Gasteiger partial charge in [0, 0.05) is 48.2 Å². The molecule has 0 spiro atoms. The van der Waals surface area contributed by atoms with Crippen molar-refractivity contribution in [1.29, 1.82) is 0 Å². The average molecular weight is 897 g/mol. The quantitative estimate of drug-likeness (QED) is 0.0752. The molecular formula is C54H64N4O8. The highest BCUT2D eigenvalue weighted by molar-refractivity contribution is 5.88. The first-order valence-corrected chi connectivity index (χ1v) is 23.0. The fourth-order valence-electron chi connectivity index (χ4n) is 9.19. The van der Waals surface area contributed by atoms with Crippen molar-refractivity contribution in [3.8, 4) is 23.0 Å². The van der Waals surface area contributed by atoms with Gasteiger partial charge in [-0.3, -0.25) is 9.59 Å². The number of allylic oxidation sites excluding steroid dienone is 2. The topological polar surface area (TPSA) is 175 Å². The van der Waals surface area contributed by atoms with Crippen molar-refractivity contribution < 1.29 is 38.9 Å². The van der Waals surface area contributed by atoms with Gasteiger partial charge < -0.3 is 41.0 Å². The normalized spacial score (nSPS) is 17.6. The van der Waals surface area contributed by atoms with E-state index in [1.54, 1.807) is 13.8 Å². The van der Waals surface area contributed by atoms with Gasteiger partial charge in [0.1, 0.15) is 35.6 Å². The molecular weight excluding hydrogens is 833 g/mol. The predicted octanol–water partition coefficient (Wildman–Crippen LogP) is 9.60. The summed E-state index contributed by atoms with van der Waals surface area (Å²) in [6.45, 7) is 21.0. The van der Waals surface area contributed by atoms with Gasteiger partial charge in [-0.05, 0) is 129 Å². The van der Waals surface area contributed by atoms with Gasteiger partial charge in [-0.1, -0.05) is 79.7 Å². The molecule has 0 aromatic heterocycles. The largest absolute Gasteiger partial charge is 0.507 e. The Kier molecular flexibility index (Phi) is 13.5. The van der Waals surface area contributed by atoms with Crippen molar-refractivity contribution in [2.75, 3.05) is 13.2 Å². The van der Waals surface area contributed by atoms with Crippen LogP contribution in [0.25, 0.3) is 0 Å². The first kappa shape index (κ1) is 47.4. The summed E-state index contributed by atoms with van der Waals surface area (Å²) in [5, 5.41) is 36.5. The molecule has 4 aromatic carbocycles. The molecule has 4 aromatic rings. The van der Waals surface area contributed by atoms with E-state index in [1.807, 2.05) is 38.1 Å². The van der Waals surface area contributed by atoms with Gasteiger partial charge in [-0.25, -0.2) is 9.59 Å². The smallest absolute Gasteiger partial charge is 0.319 e. The number of rotatable bonds is 10. The second-order valence-electron chi connectivity index (χ2n) is 20.0. The van der Waals surface area contributed by atoms with Gasteiger partial charge in [0.25, 0.3) is 0 Å². The summed E-state index contributed by atoms with van der Waals surface area (Å²) in [5.41, 5.74) is 9.79. The van der Waals surface area contributed by atoms with E-state index in [4.69, 9.17) is 9.47 Å². The number of hydrogen-bond acceptors (Lipinski definition) is 8. The molecule has 66 heavy (non-hydrogen) atoms. The van der Waals surface area contributed by atoms with Gasteiger partial charge in [0.2, 0.25) is 0 Å². The minimum absolute atomic E-state index is 0.0821. The van der Waals surface area contributed by atoms with Crippen molar-refractivity contribution in [2.24, 2.45) is 0 Å². The summed E-state index contributed by atoms with van der Waals surface area (Å²) in [4.78, 5) is 51.4. The first-order chi connectivity index (χ1) is 31.2. The molecule has 1 aliphatic carbocycles. The number of carbonyl (C=O) groups is 4. The number of benzene rings is 4. The van der Waals surface area contributed by atoms with Crippen LogP contribution < -0.4 is 30.7 Å². The second-order valence-corrected chi connectivity index (χ2v) is 20.0. The van der Waals surface area contributed by atoms with Crippen LogP contribution in [0.2, 0.25) is 0 Å². The Labute approximate surface area is 388 Å². The van der Waals surface area contributed by atoms with E-state index in [9.17, 15) is 29.4 Å². The average Bonchev–Trinajstić information content (AvgIpc) is 3.24. The number of nitrogens with one attached hydrogen (secondary N) is 4. The van der Waals surface area contributed by atoms with E-state index >= 15 is 0 Å². The number of amides is 4. The molecule has 0 fully saturated rings. The number of urea groups is 2. The first-order valence-electron chi connectivity index (χ1n) is 23.0. The third kappa shape index (κ3) is 9.69. The van der Waals surface area contributed by atoms with Crippen molar-refractivity contribution in [2.45, 2.75) is 131 Å². The summed E-state index contributed by atoms with van der Waals surface area (Å²) in [7, 11) is 0. The lowest BCUT2D eigenvalue weighted by atomic mass is 9.81. The van der Waals surface area contributed by atoms with Crippen LogP contribution >= 0.6 is 0 Å². The van der Waals surface area contributed by atoms with Crippen LogP contribution in [-0.2, 0) is 46.1 Å². The van der Waals surface area contributed by atoms with Gasteiger partial charge in [0.05, 0.1) is 25.3 Å². The molecule has 12 heteroatoms. The van der Waals surface area contributed by atoms with Crippen LogP contribution in [0.1, 0.15) is 161 Å². The zero-order chi connectivity index (χ0) is 47.8. The summed E-state index contributed by atoms with van der Waals surface area (Å²) >= 11 is 0. The Morgan fingerprint density at radius 2 is 0.848 bits per heavy atom. The zero-order valence-electron chi connectivity index (χ0n) is 39.9. The van der Waals surface area contributed by atoms with E-state index < -0.39 is 24.1 Å². The van der Waals surface area contributed by atoms with Crippen LogP contribution in [0.3, 0.4) is 0 Å². The summed E-state index contributed by atoms with van der Waals surface area (Å²) < 4.78 is 13.4. The fraction of sp³-hybridized carbons (Fsp3) is 0.407. The zero-order valence-corrected chi connectivity index (χ0v) is 39.9. The molecule has 6 N–H and O–H groups in total. The lowest BCUT2D eigenvalue weighted by Gasteiger charge is -2.29. The van der Waals surface area contributed by atoms with Crippen LogP contribution in [0.4, 0.5) is 9.59 Å². The maximum atomic E-state index is 13.0. The molecule has 348 valence electrons. The van der Waals surface area contributed by atoms with Crippen LogP contribution in [-0.4, -0.2) is 48.1 Å². The minimum atomic E-state index is -0.787. The predicted molar refractivity (Wildman–Crippen MR) is 256 cm³/mol. The molecule has 4 amide bonds. The Morgan fingerprint density at radius 3 is 1.11 bits per heavy atom. The van der Waals surface area contributed by atoms with Crippen molar-refractivity contribution in [3.05, 3.63) is 138 Å². The van der Waals surface area contributed by atoms with E-state index in [-0.39, 0.29) is 48.0 Å². The minimum Gasteiger partial charge on any atom is -0.507 e. The van der Waals surface area contributed by atoms with Crippen molar-refractivity contribution in [3.63, 3.8) is 0 Å². The summed E-state index contributed by atoms with van der Waals surface area (Å²) in [6.07, 6.45) is 3.84. The Hall–Kier alpha value is -6.56. The highest BCUT2D eigenvalue weighted by Gasteiger charge is 2.32. The van der Waals surface area contributed by atoms with Gasteiger partial charge in [-0.2, -0.15) is 0 Å². The number of carbonyl (C=O) groups excluding carboxylic acids is 4. The third-order valence-corrected chi connectivity index (χ3v) is 12.8. The highest BCUT2D eigenvalue weighted by Crippen LogP contribution is 2.44. The summed E-state index contributed by atoms with van der Waals surface area (Å²) in [5.74, 6) is 1.39. The Bertz CT molecular complexity index is 2400. The van der Waals surface area contributed by atoms with Crippen LogP contribution in [0.5, 0.6) is 23.0 Å². The number of phenols is 2. The number of hydrogen-bond donors (Lipinski definition) is 6. The second kappa shape index (κ2) is 18.7. The number of fused-ring (bicyclic) bond motifs is 8. The Balaban J connectivity index is 1.59. The lowest BCUT2D eigenvalue weighted by molar-refractivity contribution is -0.106. The van der Waals surface area contributed by atoms with E-state index in [0.717, 1.165) is 58.8 Å². The van der Waals surface area contributed by atoms with Gasteiger partial charge >= 0.3 is 12.1 Å². The Morgan fingerprint density at radius 1 is 0.545 bits per heavy atom.